The second-order valence-corrected chi connectivity index (χ2v) is 4.07. The molecular weight excluding hydrogens is 190 g/mol. The quantitative estimate of drug-likeness (QED) is 0.435. The minimum atomic E-state index is -0.719. The highest BCUT2D eigenvalue weighted by atomic mass is 32.2. The first-order valence-electron chi connectivity index (χ1n) is 4.31. The lowest BCUT2D eigenvalue weighted by Crippen LogP contribution is -2.42. The number of rotatable bonds is 7. The molecule has 0 saturated heterocycles. The summed E-state index contributed by atoms with van der Waals surface area (Å²) in [6, 6.07) is 0.126. The number of hydrogen-bond donors (Lipinski definition) is 4. The number of aliphatic hydroxyl groups excluding tert-OH is 3. The molecule has 0 aliphatic carbocycles. The molecule has 4 nitrogen and oxygen atoms in total. The Morgan fingerprint density at radius 2 is 1.92 bits per heavy atom. The van der Waals surface area contributed by atoms with Crippen LogP contribution in [0.2, 0.25) is 0 Å². The van der Waals surface area contributed by atoms with Crippen molar-refractivity contribution >= 4 is 11.8 Å². The van der Waals surface area contributed by atoms with E-state index in [0.717, 1.165) is 0 Å². The normalized spacial score (nSPS) is 18.2. The molecule has 4 N–H and O–H groups in total. The van der Waals surface area contributed by atoms with Gasteiger partial charge in [-0.15, -0.1) is 0 Å². The molecule has 5 heteroatoms. The Bertz CT molecular complexity index is 122. The Labute approximate surface area is 83.3 Å². The first-order valence-corrected chi connectivity index (χ1v) is 5.60. The van der Waals surface area contributed by atoms with Gasteiger partial charge in [0.15, 0.2) is 0 Å². The molecule has 0 fully saturated rings. The highest BCUT2D eigenvalue weighted by Gasteiger charge is 2.15. The second-order valence-electron chi connectivity index (χ2n) is 2.99. The lowest BCUT2D eigenvalue weighted by atomic mass is 10.2. The van der Waals surface area contributed by atoms with Crippen LogP contribution in [0.25, 0.3) is 0 Å². The predicted molar refractivity (Wildman–Crippen MR) is 54.9 cm³/mol. The summed E-state index contributed by atoms with van der Waals surface area (Å²) in [5, 5.41) is 29.7. The molecule has 80 valence electrons. The van der Waals surface area contributed by atoms with E-state index >= 15 is 0 Å². The van der Waals surface area contributed by atoms with Crippen molar-refractivity contribution in [3.05, 3.63) is 0 Å². The van der Waals surface area contributed by atoms with Gasteiger partial charge >= 0.3 is 0 Å². The smallest absolute Gasteiger partial charge is 0.0895 e. The van der Waals surface area contributed by atoms with E-state index in [4.69, 9.17) is 15.3 Å². The molecule has 0 aliphatic rings. The monoisotopic (exact) mass is 209 g/mol. The van der Waals surface area contributed by atoms with E-state index in [0.29, 0.717) is 6.54 Å². The van der Waals surface area contributed by atoms with Crippen molar-refractivity contribution < 1.29 is 15.3 Å². The summed E-state index contributed by atoms with van der Waals surface area (Å²) in [6.45, 7) is 2.18. The van der Waals surface area contributed by atoms with E-state index in [1.807, 2.05) is 13.2 Å². The van der Waals surface area contributed by atoms with Crippen molar-refractivity contribution in [2.24, 2.45) is 0 Å². The average molecular weight is 209 g/mol. The lowest BCUT2D eigenvalue weighted by molar-refractivity contribution is 0.0916. The molecule has 0 radical (unpaired) electrons. The first-order chi connectivity index (χ1) is 6.15. The minimum Gasteiger partial charge on any atom is -0.395 e. The van der Waals surface area contributed by atoms with Crippen molar-refractivity contribution in [3.63, 3.8) is 0 Å². The maximum Gasteiger partial charge on any atom is 0.0895 e. The van der Waals surface area contributed by atoms with E-state index in [-0.39, 0.29) is 24.5 Å². The van der Waals surface area contributed by atoms with Crippen LogP contribution in [0, 0.1) is 0 Å². The number of aliphatic hydroxyl groups is 3. The van der Waals surface area contributed by atoms with Crippen LogP contribution in [0.5, 0.6) is 0 Å². The van der Waals surface area contributed by atoms with Crippen LogP contribution >= 0.6 is 11.8 Å². The van der Waals surface area contributed by atoms with Gasteiger partial charge in [-0.3, -0.25) is 0 Å². The van der Waals surface area contributed by atoms with Crippen LogP contribution in [0.1, 0.15) is 6.92 Å². The summed E-state index contributed by atoms with van der Waals surface area (Å²) in [7, 11) is 0. The fraction of sp³-hybridized carbons (Fsp3) is 1.00. The van der Waals surface area contributed by atoms with Gasteiger partial charge in [-0.2, -0.15) is 11.8 Å². The van der Waals surface area contributed by atoms with E-state index in [1.165, 1.54) is 0 Å². The van der Waals surface area contributed by atoms with Crippen molar-refractivity contribution in [2.45, 2.75) is 24.3 Å². The summed E-state index contributed by atoms with van der Waals surface area (Å²) >= 11 is 1.58. The Morgan fingerprint density at radius 3 is 2.31 bits per heavy atom. The zero-order valence-corrected chi connectivity index (χ0v) is 8.92. The fourth-order valence-electron chi connectivity index (χ4n) is 0.955. The van der Waals surface area contributed by atoms with E-state index in [2.05, 4.69) is 5.32 Å². The second kappa shape index (κ2) is 7.58. The Kier molecular flexibility index (Phi) is 7.69. The van der Waals surface area contributed by atoms with Gasteiger partial charge in [-0.05, 0) is 13.2 Å². The predicted octanol–water partition coefficient (Wildman–Crippen LogP) is -0.958. The van der Waals surface area contributed by atoms with E-state index in [1.54, 1.807) is 11.8 Å². The molecule has 2 unspecified atom stereocenters. The molecule has 0 spiro atoms. The molecule has 0 aromatic carbocycles. The minimum absolute atomic E-state index is 0.116. The summed E-state index contributed by atoms with van der Waals surface area (Å²) < 4.78 is 0. The SMILES string of the molecule is CSC(CO)C(C)NC[C@H](O)CO. The highest BCUT2D eigenvalue weighted by molar-refractivity contribution is 7.99. The largest absolute Gasteiger partial charge is 0.395 e. The van der Waals surface area contributed by atoms with Crippen molar-refractivity contribution in [2.75, 3.05) is 26.0 Å². The van der Waals surface area contributed by atoms with Gasteiger partial charge in [0.1, 0.15) is 0 Å². The highest BCUT2D eigenvalue weighted by Crippen LogP contribution is 2.09. The van der Waals surface area contributed by atoms with E-state index in [9.17, 15) is 0 Å². The first kappa shape index (κ1) is 13.2. The van der Waals surface area contributed by atoms with Crippen LogP contribution in [0.4, 0.5) is 0 Å². The standard InChI is InChI=1S/C8H19NO3S/c1-6(8(5-11)13-2)9-3-7(12)4-10/h6-12H,3-5H2,1-2H3/t6?,7-,8?/m0/s1. The van der Waals surface area contributed by atoms with Gasteiger partial charge in [-0.25, -0.2) is 0 Å². The molecule has 0 saturated carbocycles. The van der Waals surface area contributed by atoms with Gasteiger partial charge < -0.3 is 20.6 Å². The number of hydrogen-bond acceptors (Lipinski definition) is 5. The zero-order chi connectivity index (χ0) is 10.3. The zero-order valence-electron chi connectivity index (χ0n) is 8.10. The van der Waals surface area contributed by atoms with Crippen LogP contribution in [-0.2, 0) is 0 Å². The topological polar surface area (TPSA) is 72.7 Å². The molecule has 0 rings (SSSR count). The van der Waals surface area contributed by atoms with Gasteiger partial charge in [0.25, 0.3) is 0 Å². The van der Waals surface area contributed by atoms with Gasteiger partial charge in [-0.1, -0.05) is 0 Å². The van der Waals surface area contributed by atoms with Crippen LogP contribution < -0.4 is 5.32 Å². The molecule has 0 aromatic heterocycles. The molecular formula is C8H19NO3S. The molecule has 0 bridgehead atoms. The summed E-state index contributed by atoms with van der Waals surface area (Å²) in [5.74, 6) is 0. The molecule has 0 heterocycles. The maximum absolute atomic E-state index is 9.05. The maximum atomic E-state index is 9.05. The Balaban J connectivity index is 3.65. The van der Waals surface area contributed by atoms with Crippen molar-refractivity contribution in [1.29, 1.82) is 0 Å². The molecule has 0 amide bonds. The van der Waals surface area contributed by atoms with Crippen LogP contribution in [0.3, 0.4) is 0 Å². The van der Waals surface area contributed by atoms with E-state index < -0.39 is 6.10 Å². The third kappa shape index (κ3) is 5.49. The lowest BCUT2D eigenvalue weighted by Gasteiger charge is -2.22. The Morgan fingerprint density at radius 1 is 1.31 bits per heavy atom. The van der Waals surface area contributed by atoms with Crippen LogP contribution in [-0.4, -0.2) is 58.7 Å². The van der Waals surface area contributed by atoms with Crippen molar-refractivity contribution in [1.82, 2.24) is 5.32 Å². The fourth-order valence-corrected chi connectivity index (χ4v) is 1.61. The van der Waals surface area contributed by atoms with Crippen LogP contribution in [0.15, 0.2) is 0 Å². The Hall–Kier alpha value is 0.190. The summed E-state index contributed by atoms with van der Waals surface area (Å²) in [5.41, 5.74) is 0. The molecule has 0 aliphatic heterocycles. The average Bonchev–Trinajstić information content (AvgIpc) is 2.16. The van der Waals surface area contributed by atoms with Gasteiger partial charge in [0, 0.05) is 17.8 Å². The molecule has 3 atom stereocenters. The molecule has 0 aromatic rings. The summed E-state index contributed by atoms with van der Waals surface area (Å²) in [4.78, 5) is 0. The van der Waals surface area contributed by atoms with Crippen molar-refractivity contribution in [3.8, 4) is 0 Å². The third-order valence-electron chi connectivity index (χ3n) is 1.93. The van der Waals surface area contributed by atoms with Gasteiger partial charge in [0.05, 0.1) is 19.3 Å². The number of nitrogens with one attached hydrogen (secondary N) is 1. The third-order valence-corrected chi connectivity index (χ3v) is 3.09. The van der Waals surface area contributed by atoms with Gasteiger partial charge in [0.2, 0.25) is 0 Å². The number of thioether (sulfide) groups is 1. The molecule has 13 heavy (non-hydrogen) atoms. The summed E-state index contributed by atoms with van der Waals surface area (Å²) in [6.07, 6.45) is 1.21.